The number of benzene rings is 2. The lowest BCUT2D eigenvalue weighted by Crippen LogP contribution is -2.39. The molecule has 0 amide bonds. The van der Waals surface area contributed by atoms with Gasteiger partial charge in [-0.15, -0.1) is 13.2 Å². The first kappa shape index (κ1) is 16.7. The highest BCUT2D eigenvalue weighted by molar-refractivity contribution is 6.94. The van der Waals surface area contributed by atoms with E-state index in [1.165, 1.54) is 21.5 Å². The van der Waals surface area contributed by atoms with E-state index in [2.05, 4.69) is 99.3 Å². The van der Waals surface area contributed by atoms with Crippen molar-refractivity contribution in [3.8, 4) is 11.1 Å². The van der Waals surface area contributed by atoms with Gasteiger partial charge in [-0.2, -0.15) is 0 Å². The largest absolute Gasteiger partial charge is 0.107 e. The van der Waals surface area contributed by atoms with Crippen molar-refractivity contribution in [1.29, 1.82) is 0 Å². The zero-order valence-electron chi connectivity index (χ0n) is 14.2. The normalized spacial score (nSPS) is 12.0. The minimum absolute atomic E-state index is 1.28. The lowest BCUT2D eigenvalue weighted by Gasteiger charge is -2.19. The van der Waals surface area contributed by atoms with Gasteiger partial charge in [0.1, 0.15) is 16.1 Å². The maximum absolute atomic E-state index is 3.99. The van der Waals surface area contributed by atoms with E-state index in [0.717, 1.165) is 0 Å². The first-order valence-electron chi connectivity index (χ1n) is 7.79. The molecule has 0 aliphatic carbocycles. The SMILES string of the molecule is C=C[Si](C)(C)c1ccc(-c2ccc([Si](C)(C)C=C)cc2)cc1. The van der Waals surface area contributed by atoms with Gasteiger partial charge in [0.2, 0.25) is 0 Å². The van der Waals surface area contributed by atoms with E-state index in [1.54, 1.807) is 0 Å². The first-order chi connectivity index (χ1) is 10.3. The van der Waals surface area contributed by atoms with Gasteiger partial charge in [-0.3, -0.25) is 0 Å². The Hall–Kier alpha value is -1.65. The van der Waals surface area contributed by atoms with E-state index in [9.17, 15) is 0 Å². The smallest absolute Gasteiger partial charge is 0.103 e. The summed E-state index contributed by atoms with van der Waals surface area (Å²) >= 11 is 0. The second kappa shape index (κ2) is 6.23. The predicted molar refractivity (Wildman–Crippen MR) is 107 cm³/mol. The maximum Gasteiger partial charge on any atom is 0.103 e. The van der Waals surface area contributed by atoms with Crippen molar-refractivity contribution < 1.29 is 0 Å². The van der Waals surface area contributed by atoms with Crippen molar-refractivity contribution in [2.45, 2.75) is 26.2 Å². The molecule has 0 fully saturated rings. The van der Waals surface area contributed by atoms with Crippen LogP contribution in [0.4, 0.5) is 0 Å². The molecule has 0 heterocycles. The summed E-state index contributed by atoms with van der Waals surface area (Å²) in [5, 5.41) is 2.87. The van der Waals surface area contributed by atoms with Gasteiger partial charge in [-0.1, -0.05) is 96.5 Å². The van der Waals surface area contributed by atoms with E-state index in [0.29, 0.717) is 0 Å². The zero-order chi connectivity index (χ0) is 16.4. The summed E-state index contributed by atoms with van der Waals surface area (Å²) in [5.41, 5.74) is 6.84. The van der Waals surface area contributed by atoms with Gasteiger partial charge >= 0.3 is 0 Å². The number of rotatable bonds is 5. The van der Waals surface area contributed by atoms with Gasteiger partial charge in [0.15, 0.2) is 0 Å². The molecule has 0 aliphatic rings. The fourth-order valence-electron chi connectivity index (χ4n) is 2.42. The molecular weight excluding hydrogens is 296 g/mol. The topological polar surface area (TPSA) is 0 Å². The molecule has 2 aromatic rings. The summed E-state index contributed by atoms with van der Waals surface area (Å²) in [4.78, 5) is 0. The van der Waals surface area contributed by atoms with Crippen LogP contribution in [0.1, 0.15) is 0 Å². The van der Waals surface area contributed by atoms with E-state index < -0.39 is 16.1 Å². The molecule has 114 valence electrons. The van der Waals surface area contributed by atoms with Crippen LogP contribution in [0, 0.1) is 0 Å². The van der Waals surface area contributed by atoms with Gasteiger partial charge in [0.05, 0.1) is 0 Å². The first-order valence-corrected chi connectivity index (χ1v) is 13.9. The summed E-state index contributed by atoms with van der Waals surface area (Å²) in [6.45, 7) is 17.3. The summed E-state index contributed by atoms with van der Waals surface area (Å²) in [5.74, 6) is 0. The molecule has 0 saturated heterocycles. The summed E-state index contributed by atoms with van der Waals surface area (Å²) in [6.07, 6.45) is 0. The molecule has 0 aliphatic heterocycles. The Labute approximate surface area is 137 Å². The van der Waals surface area contributed by atoms with Crippen LogP contribution in [-0.2, 0) is 0 Å². The van der Waals surface area contributed by atoms with Crippen LogP contribution in [0.15, 0.2) is 73.1 Å². The monoisotopic (exact) mass is 322 g/mol. The molecule has 0 saturated carbocycles. The minimum atomic E-state index is -1.46. The van der Waals surface area contributed by atoms with Crippen molar-refractivity contribution in [2.75, 3.05) is 0 Å². The van der Waals surface area contributed by atoms with E-state index in [-0.39, 0.29) is 0 Å². The Kier molecular flexibility index (Phi) is 4.73. The standard InChI is InChI=1S/C20H26Si2/c1-7-21(3,4)19-13-9-17(10-14-19)18-11-15-20(16-12-18)22(5,6)8-2/h7-16H,1-2H2,3-6H3. The highest BCUT2D eigenvalue weighted by Gasteiger charge is 2.19. The lowest BCUT2D eigenvalue weighted by molar-refractivity contribution is 1.63. The average molecular weight is 323 g/mol. The predicted octanol–water partition coefficient (Wildman–Crippen LogP) is 4.63. The molecule has 2 heteroatoms. The van der Waals surface area contributed by atoms with Gasteiger partial charge in [0.25, 0.3) is 0 Å². The Balaban J connectivity index is 2.30. The van der Waals surface area contributed by atoms with Gasteiger partial charge in [0, 0.05) is 0 Å². The fourth-order valence-corrected chi connectivity index (χ4v) is 4.94. The van der Waals surface area contributed by atoms with Crippen molar-refractivity contribution in [3.05, 3.63) is 73.1 Å². The molecule has 0 N–H and O–H groups in total. The van der Waals surface area contributed by atoms with Crippen LogP contribution in [0.2, 0.25) is 26.2 Å². The van der Waals surface area contributed by atoms with Crippen molar-refractivity contribution in [3.63, 3.8) is 0 Å². The molecule has 2 aromatic carbocycles. The quantitative estimate of drug-likeness (QED) is 0.704. The molecule has 0 aromatic heterocycles. The Morgan fingerprint density at radius 3 is 1.09 bits per heavy atom. The number of hydrogen-bond acceptors (Lipinski definition) is 0. The summed E-state index contributed by atoms with van der Waals surface area (Å²) in [7, 11) is -2.92. The molecule has 0 radical (unpaired) electrons. The highest BCUT2D eigenvalue weighted by atomic mass is 28.3. The third-order valence-corrected chi connectivity index (χ3v) is 10.3. The highest BCUT2D eigenvalue weighted by Crippen LogP contribution is 2.19. The Morgan fingerprint density at radius 2 is 0.864 bits per heavy atom. The van der Waals surface area contributed by atoms with Gasteiger partial charge < -0.3 is 0 Å². The third kappa shape index (κ3) is 3.39. The van der Waals surface area contributed by atoms with E-state index >= 15 is 0 Å². The minimum Gasteiger partial charge on any atom is -0.107 e. The van der Waals surface area contributed by atoms with Crippen LogP contribution in [-0.4, -0.2) is 16.1 Å². The molecule has 22 heavy (non-hydrogen) atoms. The molecule has 0 atom stereocenters. The third-order valence-electron chi connectivity index (χ3n) is 4.61. The van der Waals surface area contributed by atoms with Crippen LogP contribution in [0.25, 0.3) is 11.1 Å². The Morgan fingerprint density at radius 1 is 0.591 bits per heavy atom. The second-order valence-electron chi connectivity index (χ2n) is 7.01. The van der Waals surface area contributed by atoms with Crippen LogP contribution >= 0.6 is 0 Å². The molecule has 0 bridgehead atoms. The molecular formula is C20H26Si2. The second-order valence-corrected chi connectivity index (χ2v) is 15.9. The fraction of sp³-hybridized carbons (Fsp3) is 0.200. The summed E-state index contributed by atoms with van der Waals surface area (Å²) < 4.78 is 0. The van der Waals surface area contributed by atoms with Crippen LogP contribution in [0.5, 0.6) is 0 Å². The molecule has 0 unspecified atom stereocenters. The van der Waals surface area contributed by atoms with Gasteiger partial charge in [-0.25, -0.2) is 0 Å². The van der Waals surface area contributed by atoms with E-state index in [1.807, 2.05) is 0 Å². The Bertz CT molecular complexity index is 600. The van der Waals surface area contributed by atoms with Gasteiger partial charge in [-0.05, 0) is 11.1 Å². The van der Waals surface area contributed by atoms with Crippen molar-refractivity contribution in [2.24, 2.45) is 0 Å². The van der Waals surface area contributed by atoms with Crippen molar-refractivity contribution in [1.82, 2.24) is 0 Å². The molecule has 0 nitrogen and oxygen atoms in total. The van der Waals surface area contributed by atoms with Crippen LogP contribution < -0.4 is 10.4 Å². The summed E-state index contributed by atoms with van der Waals surface area (Å²) in [6, 6.07) is 18.0. The number of hydrogen-bond donors (Lipinski definition) is 0. The van der Waals surface area contributed by atoms with Crippen molar-refractivity contribution >= 4 is 26.5 Å². The molecule has 2 rings (SSSR count). The van der Waals surface area contributed by atoms with E-state index in [4.69, 9.17) is 0 Å². The average Bonchev–Trinajstić information content (AvgIpc) is 2.55. The maximum atomic E-state index is 3.99. The van der Waals surface area contributed by atoms with Crippen LogP contribution in [0.3, 0.4) is 0 Å². The zero-order valence-corrected chi connectivity index (χ0v) is 16.2. The molecule has 0 spiro atoms. The lowest BCUT2D eigenvalue weighted by atomic mass is 10.1.